The van der Waals surface area contributed by atoms with E-state index in [9.17, 15) is 4.79 Å². The summed E-state index contributed by atoms with van der Waals surface area (Å²) in [6.45, 7) is 5.18. The van der Waals surface area contributed by atoms with Gasteiger partial charge in [-0.1, -0.05) is 18.2 Å². The SMILES string of the molecule is C=CCN(Cc1ccc(C#N)cc1)C(=O)c1ncoc1[C@@H]1CCCO1. The fourth-order valence-electron chi connectivity index (χ4n) is 2.86. The van der Waals surface area contributed by atoms with Crippen LogP contribution in [0.4, 0.5) is 0 Å². The Morgan fingerprint density at radius 1 is 1.44 bits per heavy atom. The Morgan fingerprint density at radius 3 is 2.88 bits per heavy atom. The highest BCUT2D eigenvalue weighted by molar-refractivity contribution is 5.93. The molecule has 0 aliphatic carbocycles. The molecule has 1 aromatic carbocycles. The van der Waals surface area contributed by atoms with E-state index in [2.05, 4.69) is 17.6 Å². The number of benzene rings is 1. The molecule has 2 aromatic rings. The summed E-state index contributed by atoms with van der Waals surface area (Å²) in [5.41, 5.74) is 1.81. The predicted molar refractivity (Wildman–Crippen MR) is 90.5 cm³/mol. The van der Waals surface area contributed by atoms with E-state index in [0.717, 1.165) is 18.4 Å². The van der Waals surface area contributed by atoms with Gasteiger partial charge in [0, 0.05) is 19.7 Å². The van der Waals surface area contributed by atoms with Crippen LogP contribution < -0.4 is 0 Å². The van der Waals surface area contributed by atoms with Crippen LogP contribution in [0.2, 0.25) is 0 Å². The standard InChI is InChI=1S/C19H19N3O3/c1-2-9-22(12-15-7-5-14(11-20)6-8-15)19(23)17-18(25-13-21-17)16-4-3-10-24-16/h2,5-8,13,16H,1,3-4,9-10,12H2/t16-/m0/s1. The van der Waals surface area contributed by atoms with Gasteiger partial charge in [0.15, 0.2) is 17.8 Å². The maximum Gasteiger partial charge on any atom is 0.276 e. The van der Waals surface area contributed by atoms with Crippen molar-refractivity contribution in [1.82, 2.24) is 9.88 Å². The summed E-state index contributed by atoms with van der Waals surface area (Å²) < 4.78 is 11.0. The third kappa shape index (κ3) is 3.78. The lowest BCUT2D eigenvalue weighted by molar-refractivity contribution is 0.0721. The van der Waals surface area contributed by atoms with Crippen molar-refractivity contribution < 1.29 is 13.9 Å². The van der Waals surface area contributed by atoms with Gasteiger partial charge in [0.05, 0.1) is 11.6 Å². The molecule has 6 heteroatoms. The van der Waals surface area contributed by atoms with Crippen molar-refractivity contribution >= 4 is 5.91 Å². The summed E-state index contributed by atoms with van der Waals surface area (Å²) in [4.78, 5) is 18.7. The number of nitriles is 1. The third-order valence-electron chi connectivity index (χ3n) is 4.11. The van der Waals surface area contributed by atoms with Crippen LogP contribution >= 0.6 is 0 Å². The molecule has 1 aliphatic rings. The van der Waals surface area contributed by atoms with E-state index in [1.807, 2.05) is 12.1 Å². The van der Waals surface area contributed by atoms with E-state index in [-0.39, 0.29) is 12.0 Å². The second-order valence-corrected chi connectivity index (χ2v) is 5.85. The van der Waals surface area contributed by atoms with Crippen molar-refractivity contribution in [2.24, 2.45) is 0 Å². The molecule has 3 rings (SSSR count). The van der Waals surface area contributed by atoms with Crippen molar-refractivity contribution in [2.45, 2.75) is 25.5 Å². The molecule has 0 N–H and O–H groups in total. The zero-order valence-corrected chi connectivity index (χ0v) is 13.9. The summed E-state index contributed by atoms with van der Waals surface area (Å²) >= 11 is 0. The molecule has 6 nitrogen and oxygen atoms in total. The zero-order valence-electron chi connectivity index (χ0n) is 13.9. The Morgan fingerprint density at radius 2 is 2.24 bits per heavy atom. The number of oxazole rings is 1. The lowest BCUT2D eigenvalue weighted by Crippen LogP contribution is -2.31. The molecule has 0 spiro atoms. The highest BCUT2D eigenvalue weighted by Gasteiger charge is 2.30. The van der Waals surface area contributed by atoms with Crippen LogP contribution in [0.25, 0.3) is 0 Å². The summed E-state index contributed by atoms with van der Waals surface area (Å²) in [5.74, 6) is 0.278. The molecule has 1 aromatic heterocycles. The first kappa shape index (κ1) is 16.9. The quantitative estimate of drug-likeness (QED) is 0.756. The van der Waals surface area contributed by atoms with Gasteiger partial charge in [-0.3, -0.25) is 4.79 Å². The van der Waals surface area contributed by atoms with Gasteiger partial charge in [0.25, 0.3) is 5.91 Å². The number of hydrogen-bond donors (Lipinski definition) is 0. The Kier molecular flexibility index (Phi) is 5.26. The number of rotatable bonds is 6. The van der Waals surface area contributed by atoms with Gasteiger partial charge in [-0.25, -0.2) is 4.98 Å². The normalized spacial score (nSPS) is 16.4. The largest absolute Gasteiger partial charge is 0.445 e. The average molecular weight is 337 g/mol. The van der Waals surface area contributed by atoms with Gasteiger partial charge >= 0.3 is 0 Å². The van der Waals surface area contributed by atoms with Crippen LogP contribution in [-0.2, 0) is 11.3 Å². The van der Waals surface area contributed by atoms with Crippen molar-refractivity contribution in [1.29, 1.82) is 5.26 Å². The van der Waals surface area contributed by atoms with Crippen LogP contribution in [-0.4, -0.2) is 28.9 Å². The fraction of sp³-hybridized carbons (Fsp3) is 0.316. The Bertz CT molecular complexity index is 783. The molecule has 0 bridgehead atoms. The first-order valence-electron chi connectivity index (χ1n) is 8.17. The Hall–Kier alpha value is -2.91. The first-order chi connectivity index (χ1) is 12.2. The van der Waals surface area contributed by atoms with E-state index >= 15 is 0 Å². The van der Waals surface area contributed by atoms with Crippen molar-refractivity contribution in [3.63, 3.8) is 0 Å². The number of nitrogens with zero attached hydrogens (tertiary/aromatic N) is 3. The number of aromatic nitrogens is 1. The number of carbonyl (C=O) groups is 1. The van der Waals surface area contributed by atoms with Crippen LogP contribution in [0.1, 0.15) is 46.3 Å². The van der Waals surface area contributed by atoms with Gasteiger partial charge in [0.2, 0.25) is 0 Å². The lowest BCUT2D eigenvalue weighted by Gasteiger charge is -2.21. The lowest BCUT2D eigenvalue weighted by atomic mass is 10.1. The van der Waals surface area contributed by atoms with Crippen LogP contribution in [0.15, 0.2) is 47.7 Å². The molecule has 1 aliphatic heterocycles. The molecular weight excluding hydrogens is 318 g/mol. The highest BCUT2D eigenvalue weighted by atomic mass is 16.5. The van der Waals surface area contributed by atoms with Crippen molar-refractivity contribution in [2.75, 3.05) is 13.2 Å². The minimum Gasteiger partial charge on any atom is -0.445 e. The molecule has 1 amide bonds. The van der Waals surface area contributed by atoms with E-state index in [0.29, 0.717) is 36.7 Å². The number of carbonyl (C=O) groups excluding carboxylic acids is 1. The summed E-state index contributed by atoms with van der Waals surface area (Å²) in [5, 5.41) is 8.88. The number of amides is 1. The zero-order chi connectivity index (χ0) is 17.6. The molecule has 2 heterocycles. The van der Waals surface area contributed by atoms with Crippen LogP contribution in [0.5, 0.6) is 0 Å². The van der Waals surface area contributed by atoms with Gasteiger partial charge in [-0.2, -0.15) is 5.26 Å². The van der Waals surface area contributed by atoms with Crippen LogP contribution in [0.3, 0.4) is 0 Å². The molecule has 1 fully saturated rings. The average Bonchev–Trinajstić information content (AvgIpc) is 3.32. The molecule has 0 unspecified atom stereocenters. The molecule has 1 saturated heterocycles. The first-order valence-corrected chi connectivity index (χ1v) is 8.17. The van der Waals surface area contributed by atoms with Crippen molar-refractivity contribution in [3.05, 3.63) is 65.9 Å². The molecular formula is C19H19N3O3. The molecule has 128 valence electrons. The second kappa shape index (κ2) is 7.77. The van der Waals surface area contributed by atoms with E-state index in [1.165, 1.54) is 6.39 Å². The molecule has 0 saturated carbocycles. The van der Waals surface area contributed by atoms with E-state index < -0.39 is 0 Å². The third-order valence-corrected chi connectivity index (χ3v) is 4.11. The Labute approximate surface area is 146 Å². The van der Waals surface area contributed by atoms with Gasteiger partial charge in [0.1, 0.15) is 6.10 Å². The summed E-state index contributed by atoms with van der Waals surface area (Å²) in [7, 11) is 0. The summed E-state index contributed by atoms with van der Waals surface area (Å²) in [6, 6.07) is 9.23. The number of ether oxygens (including phenoxy) is 1. The minimum absolute atomic E-state index is 0.207. The van der Waals surface area contributed by atoms with E-state index in [1.54, 1.807) is 23.1 Å². The molecule has 25 heavy (non-hydrogen) atoms. The van der Waals surface area contributed by atoms with Crippen LogP contribution in [0, 0.1) is 11.3 Å². The molecule has 0 radical (unpaired) electrons. The Balaban J connectivity index is 1.80. The molecule has 1 atom stereocenters. The van der Waals surface area contributed by atoms with Crippen molar-refractivity contribution in [3.8, 4) is 6.07 Å². The maximum atomic E-state index is 12.9. The maximum absolute atomic E-state index is 12.9. The fourth-order valence-corrected chi connectivity index (χ4v) is 2.86. The predicted octanol–water partition coefficient (Wildman–Crippen LogP) is 3.23. The monoisotopic (exact) mass is 337 g/mol. The van der Waals surface area contributed by atoms with E-state index in [4.69, 9.17) is 14.4 Å². The minimum atomic E-state index is -0.219. The summed E-state index contributed by atoms with van der Waals surface area (Å²) in [6.07, 6.45) is 4.53. The highest BCUT2D eigenvalue weighted by Crippen LogP contribution is 2.31. The van der Waals surface area contributed by atoms with Gasteiger partial charge in [-0.15, -0.1) is 6.58 Å². The second-order valence-electron chi connectivity index (χ2n) is 5.85. The van der Waals surface area contributed by atoms with Gasteiger partial charge < -0.3 is 14.1 Å². The topological polar surface area (TPSA) is 79.4 Å². The van der Waals surface area contributed by atoms with Gasteiger partial charge in [-0.05, 0) is 30.5 Å². The number of hydrogen-bond acceptors (Lipinski definition) is 5. The smallest absolute Gasteiger partial charge is 0.276 e.